The third-order valence-electron chi connectivity index (χ3n) is 4.33. The van der Waals surface area contributed by atoms with E-state index < -0.39 is 0 Å². The highest BCUT2D eigenvalue weighted by atomic mass is 19.1. The van der Waals surface area contributed by atoms with E-state index in [1.807, 2.05) is 6.92 Å². The number of aromatic nitrogens is 4. The Bertz CT molecular complexity index is 902. The zero-order valence-corrected chi connectivity index (χ0v) is 14.3. The molecule has 0 spiro atoms. The number of hydrogen-bond donors (Lipinski definition) is 1. The Balaban J connectivity index is 1.85. The molecule has 7 heteroatoms. The van der Waals surface area contributed by atoms with Crippen molar-refractivity contribution in [2.75, 3.05) is 25.6 Å². The number of benzene rings is 1. The number of rotatable bonds is 6. The number of anilines is 1. The first-order valence-corrected chi connectivity index (χ1v) is 8.43. The number of methoxy groups -OCH3 is 1. The fourth-order valence-electron chi connectivity index (χ4n) is 2.89. The summed E-state index contributed by atoms with van der Waals surface area (Å²) >= 11 is 0. The Kier molecular flexibility index (Phi) is 4.09. The summed E-state index contributed by atoms with van der Waals surface area (Å²) in [5.74, 6) is 1.78. The van der Waals surface area contributed by atoms with Gasteiger partial charge in [-0.1, -0.05) is 0 Å². The molecule has 1 N–H and O–H groups in total. The number of fused-ring (bicyclic) bond motifs is 1. The van der Waals surface area contributed by atoms with Gasteiger partial charge in [0.1, 0.15) is 17.5 Å². The van der Waals surface area contributed by atoms with Crippen molar-refractivity contribution in [1.29, 1.82) is 0 Å². The number of hydrogen-bond acceptors (Lipinski definition) is 5. The van der Waals surface area contributed by atoms with Gasteiger partial charge in [0.2, 0.25) is 0 Å². The molecule has 0 unspecified atom stereocenters. The van der Waals surface area contributed by atoms with E-state index in [2.05, 4.69) is 10.4 Å². The van der Waals surface area contributed by atoms with E-state index in [1.165, 1.54) is 12.1 Å². The third kappa shape index (κ3) is 3.07. The van der Waals surface area contributed by atoms with Crippen LogP contribution >= 0.6 is 0 Å². The minimum atomic E-state index is -0.271. The Hall–Kier alpha value is -2.54. The minimum Gasteiger partial charge on any atom is -0.383 e. The summed E-state index contributed by atoms with van der Waals surface area (Å²) in [7, 11) is 1.67. The molecule has 3 aromatic rings. The zero-order chi connectivity index (χ0) is 17.4. The lowest BCUT2D eigenvalue weighted by Crippen LogP contribution is -2.11. The molecule has 1 aliphatic carbocycles. The second-order valence-corrected chi connectivity index (χ2v) is 6.30. The minimum absolute atomic E-state index is 0.271. The lowest BCUT2D eigenvalue weighted by molar-refractivity contribution is 0.210. The predicted octanol–water partition coefficient (Wildman–Crippen LogP) is 3.20. The average Bonchev–Trinajstić information content (AvgIpc) is 3.40. The van der Waals surface area contributed by atoms with Crippen molar-refractivity contribution in [3.63, 3.8) is 0 Å². The van der Waals surface area contributed by atoms with Crippen molar-refractivity contribution in [2.24, 2.45) is 0 Å². The summed E-state index contributed by atoms with van der Waals surface area (Å²) in [5, 5.41) is 8.85. The normalized spacial score (nSPS) is 14.2. The van der Waals surface area contributed by atoms with E-state index in [4.69, 9.17) is 14.7 Å². The van der Waals surface area contributed by atoms with Crippen LogP contribution in [0.25, 0.3) is 16.7 Å². The highest BCUT2D eigenvalue weighted by Gasteiger charge is 2.29. The van der Waals surface area contributed by atoms with Gasteiger partial charge in [0.05, 0.1) is 23.4 Å². The topological polar surface area (TPSA) is 64.9 Å². The fourth-order valence-corrected chi connectivity index (χ4v) is 2.89. The van der Waals surface area contributed by atoms with Gasteiger partial charge in [-0.05, 0) is 44.0 Å². The third-order valence-corrected chi connectivity index (χ3v) is 4.33. The number of nitrogens with one attached hydrogen (secondary N) is 1. The van der Waals surface area contributed by atoms with E-state index in [9.17, 15) is 4.39 Å². The van der Waals surface area contributed by atoms with Crippen LogP contribution in [0, 0.1) is 12.7 Å². The second-order valence-electron chi connectivity index (χ2n) is 6.30. The van der Waals surface area contributed by atoms with Crippen LogP contribution in [0.2, 0.25) is 0 Å². The van der Waals surface area contributed by atoms with Crippen molar-refractivity contribution >= 4 is 16.9 Å². The van der Waals surface area contributed by atoms with Crippen LogP contribution in [0.1, 0.15) is 30.3 Å². The van der Waals surface area contributed by atoms with E-state index in [-0.39, 0.29) is 5.82 Å². The molecule has 0 aliphatic heterocycles. The van der Waals surface area contributed by atoms with Gasteiger partial charge in [0.25, 0.3) is 0 Å². The maximum atomic E-state index is 13.3. The summed E-state index contributed by atoms with van der Waals surface area (Å²) in [6.07, 6.45) is 2.24. The first-order chi connectivity index (χ1) is 12.2. The Labute approximate surface area is 145 Å². The van der Waals surface area contributed by atoms with Crippen LogP contribution in [0.4, 0.5) is 10.2 Å². The quantitative estimate of drug-likeness (QED) is 0.698. The molecule has 0 bridgehead atoms. The predicted molar refractivity (Wildman–Crippen MR) is 93.7 cm³/mol. The second kappa shape index (κ2) is 6.40. The van der Waals surface area contributed by atoms with Crippen molar-refractivity contribution in [1.82, 2.24) is 19.7 Å². The zero-order valence-electron chi connectivity index (χ0n) is 14.3. The van der Waals surface area contributed by atoms with Gasteiger partial charge in [-0.2, -0.15) is 5.10 Å². The summed E-state index contributed by atoms with van der Waals surface area (Å²) in [4.78, 5) is 9.50. The summed E-state index contributed by atoms with van der Waals surface area (Å²) < 4.78 is 20.1. The summed E-state index contributed by atoms with van der Waals surface area (Å²) in [6, 6.07) is 6.27. The number of aryl methyl sites for hydroxylation is 1. The maximum absolute atomic E-state index is 13.3. The van der Waals surface area contributed by atoms with Crippen LogP contribution < -0.4 is 5.32 Å². The molecule has 6 nitrogen and oxygen atoms in total. The first-order valence-electron chi connectivity index (χ1n) is 8.43. The smallest absolute Gasteiger partial charge is 0.168 e. The molecule has 1 saturated carbocycles. The number of nitrogens with zero attached hydrogens (tertiary/aromatic N) is 4. The molecular weight excluding hydrogens is 321 g/mol. The molecule has 0 atom stereocenters. The van der Waals surface area contributed by atoms with Gasteiger partial charge in [-0.25, -0.2) is 19.0 Å². The SMILES string of the molecule is COCCNc1nc(C2CC2)nc2c1c(C)nn2-c1ccc(F)cc1. The summed E-state index contributed by atoms with van der Waals surface area (Å²) in [5.41, 5.74) is 2.37. The molecule has 25 heavy (non-hydrogen) atoms. The largest absolute Gasteiger partial charge is 0.383 e. The highest BCUT2D eigenvalue weighted by molar-refractivity contribution is 5.90. The van der Waals surface area contributed by atoms with Crippen LogP contribution in [0.3, 0.4) is 0 Å². The Morgan fingerprint density at radius 1 is 1.24 bits per heavy atom. The van der Waals surface area contributed by atoms with E-state index in [0.717, 1.165) is 46.9 Å². The van der Waals surface area contributed by atoms with Crippen molar-refractivity contribution in [3.05, 3.63) is 41.6 Å². The molecule has 1 aromatic carbocycles. The average molecular weight is 341 g/mol. The van der Waals surface area contributed by atoms with Gasteiger partial charge in [-0.15, -0.1) is 0 Å². The van der Waals surface area contributed by atoms with Gasteiger partial charge in [-0.3, -0.25) is 0 Å². The Morgan fingerprint density at radius 2 is 2.00 bits per heavy atom. The molecular formula is C18H20FN5O. The molecule has 0 radical (unpaired) electrons. The fraction of sp³-hybridized carbons (Fsp3) is 0.389. The van der Waals surface area contributed by atoms with Crippen LogP contribution in [-0.2, 0) is 4.74 Å². The van der Waals surface area contributed by atoms with Gasteiger partial charge in [0.15, 0.2) is 5.65 Å². The molecule has 130 valence electrons. The molecule has 0 amide bonds. The number of ether oxygens (including phenoxy) is 1. The van der Waals surface area contributed by atoms with E-state index in [1.54, 1.807) is 23.9 Å². The van der Waals surface area contributed by atoms with Crippen molar-refractivity contribution in [3.8, 4) is 5.69 Å². The standard InChI is InChI=1S/C18H20FN5O/c1-11-15-17(20-9-10-25-2)21-16(12-3-4-12)22-18(15)24(23-11)14-7-5-13(19)6-8-14/h5-8,12H,3-4,9-10H2,1-2H3,(H,20,21,22). The van der Waals surface area contributed by atoms with E-state index >= 15 is 0 Å². The highest BCUT2D eigenvalue weighted by Crippen LogP contribution is 2.40. The molecule has 0 saturated heterocycles. The van der Waals surface area contributed by atoms with Crippen molar-refractivity contribution in [2.45, 2.75) is 25.7 Å². The van der Waals surface area contributed by atoms with Gasteiger partial charge in [0, 0.05) is 19.6 Å². The van der Waals surface area contributed by atoms with Crippen LogP contribution in [0.15, 0.2) is 24.3 Å². The van der Waals surface area contributed by atoms with Crippen LogP contribution in [0.5, 0.6) is 0 Å². The maximum Gasteiger partial charge on any atom is 0.168 e. The lowest BCUT2D eigenvalue weighted by atomic mass is 10.2. The molecule has 2 heterocycles. The molecule has 1 fully saturated rings. The molecule has 4 rings (SSSR count). The van der Waals surface area contributed by atoms with Crippen molar-refractivity contribution < 1.29 is 9.13 Å². The molecule has 1 aliphatic rings. The summed E-state index contributed by atoms with van der Waals surface area (Å²) in [6.45, 7) is 3.19. The van der Waals surface area contributed by atoms with Gasteiger partial charge < -0.3 is 10.1 Å². The molecule has 2 aromatic heterocycles. The number of halogens is 1. The monoisotopic (exact) mass is 341 g/mol. The first kappa shape index (κ1) is 16.0. The Morgan fingerprint density at radius 3 is 2.68 bits per heavy atom. The van der Waals surface area contributed by atoms with E-state index in [0.29, 0.717) is 19.1 Å². The lowest BCUT2D eigenvalue weighted by Gasteiger charge is -2.09. The van der Waals surface area contributed by atoms with Gasteiger partial charge >= 0.3 is 0 Å². The van der Waals surface area contributed by atoms with Crippen LogP contribution in [-0.4, -0.2) is 40.0 Å².